The fourth-order valence-corrected chi connectivity index (χ4v) is 3.93. The van der Waals surface area contributed by atoms with Crippen LogP contribution in [0.3, 0.4) is 0 Å². The number of fused-ring (bicyclic) bond motifs is 1. The van der Waals surface area contributed by atoms with Crippen LogP contribution in [0.4, 0.5) is 4.39 Å². The molecule has 1 N–H and O–H groups in total. The van der Waals surface area contributed by atoms with Crippen LogP contribution < -0.4 is 5.32 Å². The van der Waals surface area contributed by atoms with Gasteiger partial charge in [-0.2, -0.15) is 5.10 Å². The lowest BCUT2D eigenvalue weighted by Gasteiger charge is -2.20. The SMILES string of the molecule is CCC(NC(=O)c1cncc2c1cnn2-c1ccc(F)cc1)C(C)=C(C)S(C)(=O)=O. The molecule has 158 valence electrons. The monoisotopic (exact) mass is 430 g/mol. The number of nitrogens with zero attached hydrogens (tertiary/aromatic N) is 3. The van der Waals surface area contributed by atoms with Gasteiger partial charge in [-0.3, -0.25) is 9.78 Å². The highest BCUT2D eigenvalue weighted by Crippen LogP contribution is 2.22. The van der Waals surface area contributed by atoms with E-state index in [-0.39, 0.29) is 16.6 Å². The third-order valence-corrected chi connectivity index (χ3v) is 6.60. The molecule has 2 aromatic heterocycles. The molecule has 0 radical (unpaired) electrons. The number of amides is 1. The van der Waals surface area contributed by atoms with Crippen LogP contribution in [0.1, 0.15) is 37.6 Å². The highest BCUT2D eigenvalue weighted by Gasteiger charge is 2.21. The molecule has 9 heteroatoms. The maximum Gasteiger partial charge on any atom is 0.254 e. The molecule has 0 saturated carbocycles. The Labute approximate surface area is 174 Å². The lowest BCUT2D eigenvalue weighted by molar-refractivity contribution is 0.0943. The van der Waals surface area contributed by atoms with Crippen LogP contribution in [0, 0.1) is 5.82 Å². The van der Waals surface area contributed by atoms with Gasteiger partial charge in [0.05, 0.1) is 35.2 Å². The van der Waals surface area contributed by atoms with Gasteiger partial charge < -0.3 is 5.32 Å². The molecule has 0 spiro atoms. The minimum absolute atomic E-state index is 0.245. The van der Waals surface area contributed by atoms with Gasteiger partial charge in [-0.15, -0.1) is 0 Å². The molecule has 30 heavy (non-hydrogen) atoms. The third-order valence-electron chi connectivity index (χ3n) is 5.16. The van der Waals surface area contributed by atoms with Crippen molar-refractivity contribution >= 4 is 26.6 Å². The van der Waals surface area contributed by atoms with Gasteiger partial charge in [-0.1, -0.05) is 6.92 Å². The summed E-state index contributed by atoms with van der Waals surface area (Å²) in [4.78, 5) is 17.4. The Balaban J connectivity index is 1.97. The van der Waals surface area contributed by atoms with E-state index in [1.807, 2.05) is 6.92 Å². The first-order valence-corrected chi connectivity index (χ1v) is 11.3. The van der Waals surface area contributed by atoms with Crippen LogP contribution in [-0.2, 0) is 9.84 Å². The molecular weight excluding hydrogens is 407 g/mol. The van der Waals surface area contributed by atoms with Crippen LogP contribution in [-0.4, -0.2) is 41.4 Å². The smallest absolute Gasteiger partial charge is 0.254 e. The summed E-state index contributed by atoms with van der Waals surface area (Å²) in [5.41, 5.74) is 2.15. The Morgan fingerprint density at radius 2 is 1.83 bits per heavy atom. The molecule has 7 nitrogen and oxygen atoms in total. The largest absolute Gasteiger partial charge is 0.345 e. The van der Waals surface area contributed by atoms with Crippen molar-refractivity contribution in [3.63, 3.8) is 0 Å². The highest BCUT2D eigenvalue weighted by molar-refractivity contribution is 7.94. The Kier molecular flexibility index (Phi) is 6.02. The number of aromatic nitrogens is 3. The summed E-state index contributed by atoms with van der Waals surface area (Å²) in [5.74, 6) is -0.730. The van der Waals surface area contributed by atoms with Crippen molar-refractivity contribution in [2.45, 2.75) is 33.2 Å². The number of hydrogen-bond acceptors (Lipinski definition) is 5. The zero-order chi connectivity index (χ0) is 22.1. The number of rotatable bonds is 6. The Morgan fingerprint density at radius 3 is 2.43 bits per heavy atom. The molecule has 0 saturated heterocycles. The van der Waals surface area contributed by atoms with Gasteiger partial charge in [0.25, 0.3) is 5.91 Å². The topological polar surface area (TPSA) is 93.9 Å². The number of allylic oxidation sites excluding steroid dienone is 1. The molecule has 3 rings (SSSR count). The second kappa shape index (κ2) is 8.35. The molecule has 0 fully saturated rings. The van der Waals surface area contributed by atoms with Crippen molar-refractivity contribution < 1.29 is 17.6 Å². The van der Waals surface area contributed by atoms with Crippen LogP contribution in [0.5, 0.6) is 0 Å². The number of carbonyl (C=O) groups is 1. The minimum atomic E-state index is -3.35. The van der Waals surface area contributed by atoms with Crippen molar-refractivity contribution in [2.24, 2.45) is 0 Å². The molecule has 1 unspecified atom stereocenters. The second-order valence-electron chi connectivity index (χ2n) is 7.10. The van der Waals surface area contributed by atoms with E-state index in [0.717, 1.165) is 6.26 Å². The molecule has 1 aromatic carbocycles. The van der Waals surface area contributed by atoms with Gasteiger partial charge in [-0.25, -0.2) is 17.5 Å². The lowest BCUT2D eigenvalue weighted by Crippen LogP contribution is -2.36. The van der Waals surface area contributed by atoms with Gasteiger partial charge in [-0.05, 0) is 50.1 Å². The third kappa shape index (κ3) is 4.25. The summed E-state index contributed by atoms with van der Waals surface area (Å²) in [5, 5.41) is 7.80. The number of nitrogens with one attached hydrogen (secondary N) is 1. The van der Waals surface area contributed by atoms with E-state index >= 15 is 0 Å². The Hall–Kier alpha value is -3.07. The van der Waals surface area contributed by atoms with E-state index in [1.165, 1.54) is 25.3 Å². The van der Waals surface area contributed by atoms with Crippen LogP contribution >= 0.6 is 0 Å². The van der Waals surface area contributed by atoms with E-state index in [9.17, 15) is 17.6 Å². The molecule has 3 aromatic rings. The summed E-state index contributed by atoms with van der Waals surface area (Å²) in [6.07, 6.45) is 6.26. The summed E-state index contributed by atoms with van der Waals surface area (Å²) in [7, 11) is -3.35. The van der Waals surface area contributed by atoms with Gasteiger partial charge in [0.2, 0.25) is 0 Å². The number of pyridine rings is 1. The van der Waals surface area contributed by atoms with Crippen molar-refractivity contribution in [1.82, 2.24) is 20.1 Å². The molecular formula is C21H23FN4O3S. The van der Waals surface area contributed by atoms with Crippen molar-refractivity contribution in [3.05, 3.63) is 64.7 Å². The Morgan fingerprint density at radius 1 is 1.17 bits per heavy atom. The molecule has 0 aliphatic carbocycles. The minimum Gasteiger partial charge on any atom is -0.345 e. The van der Waals surface area contributed by atoms with E-state index in [0.29, 0.717) is 34.1 Å². The van der Waals surface area contributed by atoms with Gasteiger partial charge in [0.1, 0.15) is 5.82 Å². The standard InChI is InChI=1S/C21H23FN4O3S/c1-5-19(13(2)14(3)30(4,28)29)25-21(27)18-10-23-12-20-17(18)11-24-26(20)16-8-6-15(22)7-9-16/h6-12,19H,5H2,1-4H3,(H,25,27). The van der Waals surface area contributed by atoms with Crippen LogP contribution in [0.25, 0.3) is 16.6 Å². The first kappa shape index (κ1) is 21.6. The molecule has 2 heterocycles. The van der Waals surface area contributed by atoms with Crippen LogP contribution in [0.15, 0.2) is 53.3 Å². The second-order valence-corrected chi connectivity index (χ2v) is 9.26. The maximum atomic E-state index is 13.2. The highest BCUT2D eigenvalue weighted by atomic mass is 32.2. The molecule has 1 atom stereocenters. The molecule has 0 bridgehead atoms. The molecule has 0 aliphatic heterocycles. The number of sulfone groups is 1. The molecule has 1 amide bonds. The van der Waals surface area contributed by atoms with Crippen LogP contribution in [0.2, 0.25) is 0 Å². The quantitative estimate of drug-likeness (QED) is 0.647. The molecule has 0 aliphatic rings. The van der Waals surface area contributed by atoms with Crippen molar-refractivity contribution in [2.75, 3.05) is 6.26 Å². The average Bonchev–Trinajstić information content (AvgIpc) is 3.14. The average molecular weight is 431 g/mol. The van der Waals surface area contributed by atoms with Gasteiger partial charge in [0, 0.05) is 22.7 Å². The normalized spacial score (nSPS) is 13.8. The predicted molar refractivity (Wildman–Crippen MR) is 114 cm³/mol. The number of hydrogen-bond donors (Lipinski definition) is 1. The van der Waals surface area contributed by atoms with Gasteiger partial charge in [0.15, 0.2) is 9.84 Å². The van der Waals surface area contributed by atoms with Crippen molar-refractivity contribution in [1.29, 1.82) is 0 Å². The van der Waals surface area contributed by atoms with Crippen molar-refractivity contribution in [3.8, 4) is 5.69 Å². The zero-order valence-electron chi connectivity index (χ0n) is 17.2. The number of carbonyl (C=O) groups excluding carboxylic acids is 1. The van der Waals surface area contributed by atoms with E-state index in [1.54, 1.807) is 36.1 Å². The summed E-state index contributed by atoms with van der Waals surface area (Å²) in [6, 6.07) is 5.40. The van der Waals surface area contributed by atoms with Gasteiger partial charge >= 0.3 is 0 Å². The summed E-state index contributed by atoms with van der Waals surface area (Å²) in [6.45, 7) is 5.11. The maximum absolute atomic E-state index is 13.2. The Bertz CT molecular complexity index is 1230. The number of halogens is 1. The number of benzene rings is 1. The fraction of sp³-hybridized carbons (Fsp3) is 0.286. The predicted octanol–water partition coefficient (Wildman–Crippen LogP) is 3.41. The van der Waals surface area contributed by atoms with E-state index in [2.05, 4.69) is 15.4 Å². The van der Waals surface area contributed by atoms with E-state index in [4.69, 9.17) is 0 Å². The first-order chi connectivity index (χ1) is 14.1. The zero-order valence-corrected chi connectivity index (χ0v) is 18.0. The fourth-order valence-electron chi connectivity index (χ4n) is 3.20. The van der Waals surface area contributed by atoms with E-state index < -0.39 is 15.9 Å². The lowest BCUT2D eigenvalue weighted by atomic mass is 10.1. The summed E-state index contributed by atoms with van der Waals surface area (Å²) < 4.78 is 38.5. The first-order valence-electron chi connectivity index (χ1n) is 9.39. The summed E-state index contributed by atoms with van der Waals surface area (Å²) >= 11 is 0.